The minimum Gasteiger partial charge on any atom is -0.508 e. The standard InChI is InChI=1S/C32H38FN5O4/c1-2-23-24(33)8-7-20-16-22(40)17-26(27(20)23)38-18-25-28(30(38)41)29(36-12-3-6-21(39)9-15-36)35-31(34-25)42-19-32-10-4-13-37(32)14-5-11-32/h7-8,16-17,21,39-40H,2-6,9-15,18-19H2,1H3/t21-/m1/s1. The van der Waals surface area contributed by atoms with Crippen molar-refractivity contribution < 1.29 is 24.1 Å². The number of benzene rings is 2. The zero-order valence-electron chi connectivity index (χ0n) is 24.1. The summed E-state index contributed by atoms with van der Waals surface area (Å²) in [6.07, 6.45) is 6.64. The van der Waals surface area contributed by atoms with Crippen LogP contribution < -0.4 is 14.5 Å². The quantitative estimate of drug-likeness (QED) is 0.441. The molecule has 0 bridgehead atoms. The maximum absolute atomic E-state index is 14.9. The maximum atomic E-state index is 14.9. The Kier molecular flexibility index (Phi) is 6.93. The van der Waals surface area contributed by atoms with Crippen molar-refractivity contribution in [2.75, 3.05) is 42.6 Å². The van der Waals surface area contributed by atoms with Crippen molar-refractivity contribution >= 4 is 28.2 Å². The number of nitrogens with zero attached hydrogens (tertiary/aromatic N) is 5. The fourth-order valence-electron chi connectivity index (χ4n) is 7.64. The molecule has 7 rings (SSSR count). The summed E-state index contributed by atoms with van der Waals surface area (Å²) in [7, 11) is 0. The van der Waals surface area contributed by atoms with E-state index in [2.05, 4.69) is 9.80 Å². The SMILES string of the molecule is CCc1c(F)ccc2cc(O)cc(N3Cc4nc(OCC56CCCN5CCC6)nc(N5CCC[C@@H](O)CC5)c4C3=O)c12. The van der Waals surface area contributed by atoms with E-state index in [1.807, 2.05) is 6.92 Å². The zero-order chi connectivity index (χ0) is 29.0. The van der Waals surface area contributed by atoms with Gasteiger partial charge in [-0.1, -0.05) is 13.0 Å². The van der Waals surface area contributed by atoms with Gasteiger partial charge in [0.05, 0.1) is 29.6 Å². The van der Waals surface area contributed by atoms with E-state index in [1.165, 1.54) is 12.1 Å². The van der Waals surface area contributed by atoms with Crippen molar-refractivity contribution in [2.45, 2.75) is 76.5 Å². The number of rotatable bonds is 6. The molecule has 1 aromatic heterocycles. The molecule has 0 saturated carbocycles. The number of aliphatic hydroxyl groups is 1. The highest BCUT2D eigenvalue weighted by atomic mass is 19.1. The van der Waals surface area contributed by atoms with Crippen molar-refractivity contribution in [3.63, 3.8) is 0 Å². The average Bonchev–Trinajstić information content (AvgIpc) is 3.60. The molecule has 0 unspecified atom stereocenters. The normalized spacial score (nSPS) is 22.1. The molecule has 1 amide bonds. The summed E-state index contributed by atoms with van der Waals surface area (Å²) in [4.78, 5) is 30.0. The molecule has 0 aliphatic carbocycles. The number of aromatic nitrogens is 2. The van der Waals surface area contributed by atoms with E-state index in [0.29, 0.717) is 78.1 Å². The lowest BCUT2D eigenvalue weighted by Crippen LogP contribution is -2.43. The van der Waals surface area contributed by atoms with Gasteiger partial charge in [-0.25, -0.2) is 4.39 Å². The number of phenols is 1. The third-order valence-corrected chi connectivity index (χ3v) is 9.77. The average molecular weight is 576 g/mol. The molecule has 3 aromatic rings. The van der Waals surface area contributed by atoms with Gasteiger partial charge in [-0.2, -0.15) is 9.97 Å². The Bertz CT molecular complexity index is 1540. The first-order valence-corrected chi connectivity index (χ1v) is 15.3. The highest BCUT2D eigenvalue weighted by Gasteiger charge is 2.45. The molecular formula is C32H38FN5O4. The fourth-order valence-corrected chi connectivity index (χ4v) is 7.64. The number of carbonyl (C=O) groups excluding carboxylic acids is 1. The van der Waals surface area contributed by atoms with Crippen LogP contribution >= 0.6 is 0 Å². The van der Waals surface area contributed by atoms with E-state index in [-0.39, 0.29) is 41.7 Å². The summed E-state index contributed by atoms with van der Waals surface area (Å²) in [6.45, 7) is 5.96. The van der Waals surface area contributed by atoms with E-state index in [0.717, 1.165) is 45.2 Å². The number of aromatic hydroxyl groups is 1. The summed E-state index contributed by atoms with van der Waals surface area (Å²) in [5.41, 5.74) is 1.95. The van der Waals surface area contributed by atoms with Crippen LogP contribution in [0.2, 0.25) is 0 Å². The molecule has 4 aliphatic heterocycles. The smallest absolute Gasteiger partial charge is 0.318 e. The molecule has 0 spiro atoms. The van der Waals surface area contributed by atoms with Gasteiger partial charge < -0.3 is 24.7 Å². The minimum atomic E-state index is -0.386. The molecule has 4 aliphatic rings. The number of aliphatic hydroxyl groups excluding tert-OH is 1. The molecule has 3 fully saturated rings. The molecule has 10 heteroatoms. The lowest BCUT2D eigenvalue weighted by Gasteiger charge is -2.31. The fraction of sp³-hybridized carbons (Fsp3) is 0.531. The number of hydrogen-bond acceptors (Lipinski definition) is 8. The number of halogens is 1. The van der Waals surface area contributed by atoms with Gasteiger partial charge in [-0.05, 0) is 87.5 Å². The van der Waals surface area contributed by atoms with Crippen LogP contribution in [0, 0.1) is 5.82 Å². The molecule has 0 radical (unpaired) electrons. The zero-order valence-corrected chi connectivity index (χ0v) is 24.1. The number of hydrogen-bond donors (Lipinski definition) is 2. The van der Waals surface area contributed by atoms with Gasteiger partial charge in [0, 0.05) is 24.5 Å². The van der Waals surface area contributed by atoms with Crippen LogP contribution in [0.5, 0.6) is 11.8 Å². The molecule has 9 nitrogen and oxygen atoms in total. The Hall–Kier alpha value is -3.50. The number of carbonyl (C=O) groups is 1. The van der Waals surface area contributed by atoms with Crippen molar-refractivity contribution in [3.8, 4) is 11.8 Å². The van der Waals surface area contributed by atoms with Crippen molar-refractivity contribution in [1.29, 1.82) is 0 Å². The summed E-state index contributed by atoms with van der Waals surface area (Å²) < 4.78 is 21.3. The van der Waals surface area contributed by atoms with Crippen molar-refractivity contribution in [1.82, 2.24) is 14.9 Å². The first-order chi connectivity index (χ1) is 20.4. The van der Waals surface area contributed by atoms with Gasteiger partial charge in [-0.3, -0.25) is 9.69 Å². The molecule has 222 valence electrons. The van der Waals surface area contributed by atoms with Crippen LogP contribution in [-0.4, -0.2) is 75.4 Å². The first-order valence-electron chi connectivity index (χ1n) is 15.3. The first kappa shape index (κ1) is 27.3. The highest BCUT2D eigenvalue weighted by Crippen LogP contribution is 2.42. The number of anilines is 2. The van der Waals surface area contributed by atoms with Crippen molar-refractivity contribution in [2.24, 2.45) is 0 Å². The van der Waals surface area contributed by atoms with Crippen molar-refractivity contribution in [3.05, 3.63) is 46.9 Å². The predicted octanol–water partition coefficient (Wildman–Crippen LogP) is 4.56. The minimum absolute atomic E-state index is 0.00342. The number of phenolic OH excluding ortho intramolecular Hbond substituents is 1. The number of amides is 1. The van der Waals surface area contributed by atoms with E-state index >= 15 is 0 Å². The van der Waals surface area contributed by atoms with Crippen LogP contribution in [0.25, 0.3) is 10.8 Å². The summed E-state index contributed by atoms with van der Waals surface area (Å²) in [5, 5.41) is 22.2. The van der Waals surface area contributed by atoms with E-state index in [1.54, 1.807) is 17.0 Å². The van der Waals surface area contributed by atoms with Crippen LogP contribution in [0.3, 0.4) is 0 Å². The van der Waals surface area contributed by atoms with Crippen LogP contribution in [0.4, 0.5) is 15.9 Å². The third-order valence-electron chi connectivity index (χ3n) is 9.77. The molecular weight excluding hydrogens is 537 g/mol. The van der Waals surface area contributed by atoms with Gasteiger partial charge in [0.15, 0.2) is 0 Å². The number of aryl methyl sites for hydroxylation is 1. The lowest BCUT2D eigenvalue weighted by atomic mass is 9.95. The summed E-state index contributed by atoms with van der Waals surface area (Å²) in [6, 6.07) is 6.43. The summed E-state index contributed by atoms with van der Waals surface area (Å²) >= 11 is 0. The van der Waals surface area contributed by atoms with Crippen LogP contribution in [-0.2, 0) is 13.0 Å². The molecule has 1 atom stereocenters. The Balaban J connectivity index is 1.29. The van der Waals surface area contributed by atoms with Gasteiger partial charge in [0.2, 0.25) is 0 Å². The van der Waals surface area contributed by atoms with Gasteiger partial charge >= 0.3 is 6.01 Å². The monoisotopic (exact) mass is 575 g/mol. The van der Waals surface area contributed by atoms with Gasteiger partial charge in [0.25, 0.3) is 5.91 Å². The molecule has 5 heterocycles. The Morgan fingerprint density at radius 2 is 1.88 bits per heavy atom. The topological polar surface area (TPSA) is 102 Å². The molecule has 42 heavy (non-hydrogen) atoms. The Labute approximate surface area is 244 Å². The maximum Gasteiger partial charge on any atom is 0.318 e. The summed E-state index contributed by atoms with van der Waals surface area (Å²) in [5.74, 6) is -0.0996. The molecule has 2 aromatic carbocycles. The van der Waals surface area contributed by atoms with E-state index < -0.39 is 0 Å². The largest absolute Gasteiger partial charge is 0.508 e. The second-order valence-electron chi connectivity index (χ2n) is 12.3. The predicted molar refractivity (Wildman–Crippen MR) is 158 cm³/mol. The van der Waals surface area contributed by atoms with Crippen LogP contribution in [0.1, 0.15) is 73.5 Å². The molecule has 3 saturated heterocycles. The lowest BCUT2D eigenvalue weighted by molar-refractivity contribution is 0.0996. The second kappa shape index (κ2) is 10.6. The van der Waals surface area contributed by atoms with E-state index in [9.17, 15) is 19.4 Å². The Morgan fingerprint density at radius 1 is 1.07 bits per heavy atom. The highest BCUT2D eigenvalue weighted by molar-refractivity contribution is 6.16. The number of fused-ring (bicyclic) bond motifs is 3. The van der Waals surface area contributed by atoms with E-state index in [4.69, 9.17) is 14.7 Å². The molecule has 2 N–H and O–H groups in total. The van der Waals surface area contributed by atoms with Gasteiger partial charge in [0.1, 0.15) is 29.6 Å². The Morgan fingerprint density at radius 3 is 2.67 bits per heavy atom. The van der Waals surface area contributed by atoms with Gasteiger partial charge in [-0.15, -0.1) is 0 Å². The third kappa shape index (κ3) is 4.55. The van der Waals surface area contributed by atoms with Crippen LogP contribution in [0.15, 0.2) is 24.3 Å². The second-order valence-corrected chi connectivity index (χ2v) is 12.3. The number of ether oxygens (including phenoxy) is 1.